The summed E-state index contributed by atoms with van der Waals surface area (Å²) in [4.78, 5) is 4.41. The van der Waals surface area contributed by atoms with Crippen LogP contribution in [0.1, 0.15) is 30.2 Å². The highest BCUT2D eigenvalue weighted by molar-refractivity contribution is 5.19. The van der Waals surface area contributed by atoms with Crippen molar-refractivity contribution in [3.8, 4) is 0 Å². The van der Waals surface area contributed by atoms with Crippen LogP contribution in [0.3, 0.4) is 0 Å². The highest BCUT2D eigenvalue weighted by Crippen LogP contribution is 2.10. The molecule has 0 aromatic carbocycles. The van der Waals surface area contributed by atoms with E-state index in [1.54, 1.807) is 0 Å². The minimum atomic E-state index is 0.262. The molecule has 3 heteroatoms. The van der Waals surface area contributed by atoms with Gasteiger partial charge in [0.05, 0.1) is 12.2 Å². The first-order chi connectivity index (χ1) is 8.69. The zero-order valence-electron chi connectivity index (χ0n) is 11.1. The Morgan fingerprint density at radius 2 is 2.22 bits per heavy atom. The fraction of sp³-hybridized carbons (Fsp3) is 0.400. The second kappa shape index (κ2) is 5.83. The van der Waals surface area contributed by atoms with Crippen LogP contribution in [0, 0.1) is 6.92 Å². The molecule has 0 aliphatic rings. The van der Waals surface area contributed by atoms with Crippen molar-refractivity contribution >= 4 is 0 Å². The topological polar surface area (TPSA) is 43.8 Å². The maximum absolute atomic E-state index is 5.97. The molecule has 96 valence electrons. The van der Waals surface area contributed by atoms with Crippen molar-refractivity contribution in [1.82, 2.24) is 9.55 Å². The molecule has 0 radical (unpaired) electrons. The molecule has 2 aromatic heterocycles. The third-order valence-corrected chi connectivity index (χ3v) is 3.28. The summed E-state index contributed by atoms with van der Waals surface area (Å²) in [5, 5.41) is 0. The summed E-state index contributed by atoms with van der Waals surface area (Å²) in [5.74, 6) is 0. The van der Waals surface area contributed by atoms with Crippen molar-refractivity contribution in [2.24, 2.45) is 5.73 Å². The van der Waals surface area contributed by atoms with Gasteiger partial charge in [0, 0.05) is 24.6 Å². The molecule has 0 saturated heterocycles. The molecule has 0 aliphatic carbocycles. The molecule has 0 aliphatic heterocycles. The van der Waals surface area contributed by atoms with Crippen LogP contribution < -0.4 is 5.73 Å². The smallest absolute Gasteiger partial charge is 0.0645 e. The van der Waals surface area contributed by atoms with Crippen LogP contribution in [-0.2, 0) is 13.0 Å². The van der Waals surface area contributed by atoms with Crippen molar-refractivity contribution in [2.75, 3.05) is 0 Å². The predicted molar refractivity (Wildman–Crippen MR) is 74.5 cm³/mol. The highest BCUT2D eigenvalue weighted by Gasteiger charge is 2.04. The van der Waals surface area contributed by atoms with Gasteiger partial charge in [-0.05, 0) is 43.0 Å². The summed E-state index contributed by atoms with van der Waals surface area (Å²) < 4.78 is 2.17. The van der Waals surface area contributed by atoms with Crippen molar-refractivity contribution in [2.45, 2.75) is 39.3 Å². The second-order valence-corrected chi connectivity index (χ2v) is 4.83. The Morgan fingerprint density at radius 3 is 2.94 bits per heavy atom. The Bertz CT molecular complexity index is 502. The summed E-state index contributed by atoms with van der Waals surface area (Å²) in [6.45, 7) is 5.05. The first kappa shape index (κ1) is 12.8. The van der Waals surface area contributed by atoms with E-state index >= 15 is 0 Å². The zero-order valence-corrected chi connectivity index (χ0v) is 11.1. The van der Waals surface area contributed by atoms with Gasteiger partial charge < -0.3 is 10.3 Å². The molecule has 1 unspecified atom stereocenters. The van der Waals surface area contributed by atoms with Gasteiger partial charge in [0.15, 0.2) is 0 Å². The van der Waals surface area contributed by atoms with Crippen molar-refractivity contribution in [3.63, 3.8) is 0 Å². The number of nitrogens with zero attached hydrogens (tertiary/aromatic N) is 2. The Balaban J connectivity index is 2.05. The fourth-order valence-corrected chi connectivity index (χ4v) is 2.01. The highest BCUT2D eigenvalue weighted by atomic mass is 15.0. The molecule has 0 bridgehead atoms. The van der Waals surface area contributed by atoms with Gasteiger partial charge in [-0.1, -0.05) is 13.0 Å². The van der Waals surface area contributed by atoms with E-state index in [4.69, 9.17) is 5.73 Å². The average Bonchev–Trinajstić information content (AvgIpc) is 2.79. The van der Waals surface area contributed by atoms with E-state index in [1.165, 1.54) is 11.1 Å². The van der Waals surface area contributed by atoms with E-state index in [1.807, 2.05) is 12.3 Å². The summed E-state index contributed by atoms with van der Waals surface area (Å²) in [6.07, 6.45) is 8.09. The molecular weight excluding hydrogens is 222 g/mol. The third kappa shape index (κ3) is 3.20. The Kier molecular flexibility index (Phi) is 4.15. The lowest BCUT2D eigenvalue weighted by atomic mass is 10.1. The summed E-state index contributed by atoms with van der Waals surface area (Å²) >= 11 is 0. The minimum absolute atomic E-state index is 0.262. The SMILES string of the molecule is CCC(N)Cc1ccn(Cc2ncccc2C)c1. The van der Waals surface area contributed by atoms with E-state index < -0.39 is 0 Å². The average molecular weight is 243 g/mol. The fourth-order valence-electron chi connectivity index (χ4n) is 2.01. The molecule has 2 N–H and O–H groups in total. The number of nitrogens with two attached hydrogens (primary N) is 1. The van der Waals surface area contributed by atoms with Gasteiger partial charge in [-0.25, -0.2) is 0 Å². The number of aryl methyl sites for hydroxylation is 1. The summed E-state index contributed by atoms with van der Waals surface area (Å²) in [6, 6.07) is 6.48. The van der Waals surface area contributed by atoms with Crippen molar-refractivity contribution < 1.29 is 0 Å². The lowest BCUT2D eigenvalue weighted by Crippen LogP contribution is -2.21. The maximum Gasteiger partial charge on any atom is 0.0645 e. The van der Waals surface area contributed by atoms with Gasteiger partial charge in [0.1, 0.15) is 0 Å². The van der Waals surface area contributed by atoms with Crippen LogP contribution in [-0.4, -0.2) is 15.6 Å². The van der Waals surface area contributed by atoms with Crippen LogP contribution in [0.4, 0.5) is 0 Å². The van der Waals surface area contributed by atoms with Crippen LogP contribution >= 0.6 is 0 Å². The summed E-state index contributed by atoms with van der Waals surface area (Å²) in [5.41, 5.74) is 9.63. The second-order valence-electron chi connectivity index (χ2n) is 4.83. The quantitative estimate of drug-likeness (QED) is 0.877. The largest absolute Gasteiger partial charge is 0.348 e. The first-order valence-electron chi connectivity index (χ1n) is 6.49. The number of pyridine rings is 1. The maximum atomic E-state index is 5.97. The number of rotatable bonds is 5. The summed E-state index contributed by atoms with van der Waals surface area (Å²) in [7, 11) is 0. The molecular formula is C15H21N3. The lowest BCUT2D eigenvalue weighted by molar-refractivity contribution is 0.644. The van der Waals surface area contributed by atoms with Crippen molar-refractivity contribution in [1.29, 1.82) is 0 Å². The number of hydrogen-bond donors (Lipinski definition) is 1. The van der Waals surface area contributed by atoms with Gasteiger partial charge in [-0.3, -0.25) is 4.98 Å². The Labute approximate surface area is 109 Å². The van der Waals surface area contributed by atoms with Crippen LogP contribution in [0.25, 0.3) is 0 Å². The molecule has 2 aromatic rings. The number of aromatic nitrogens is 2. The third-order valence-electron chi connectivity index (χ3n) is 3.28. The van der Waals surface area contributed by atoms with E-state index in [2.05, 4.69) is 47.9 Å². The van der Waals surface area contributed by atoms with Gasteiger partial charge in [0.25, 0.3) is 0 Å². The molecule has 3 nitrogen and oxygen atoms in total. The molecule has 0 fully saturated rings. The molecule has 18 heavy (non-hydrogen) atoms. The van der Waals surface area contributed by atoms with Gasteiger partial charge in [-0.2, -0.15) is 0 Å². The molecule has 0 amide bonds. The van der Waals surface area contributed by atoms with Gasteiger partial charge >= 0.3 is 0 Å². The zero-order chi connectivity index (χ0) is 13.0. The molecule has 0 saturated carbocycles. The molecule has 2 heterocycles. The van der Waals surface area contributed by atoms with Gasteiger partial charge in [-0.15, -0.1) is 0 Å². The van der Waals surface area contributed by atoms with E-state index in [9.17, 15) is 0 Å². The predicted octanol–water partition coefficient (Wildman–Crippen LogP) is 2.52. The monoisotopic (exact) mass is 243 g/mol. The normalized spacial score (nSPS) is 12.6. The van der Waals surface area contributed by atoms with Crippen LogP contribution in [0.5, 0.6) is 0 Å². The van der Waals surface area contributed by atoms with Crippen LogP contribution in [0.15, 0.2) is 36.8 Å². The molecule has 2 rings (SSSR count). The minimum Gasteiger partial charge on any atom is -0.348 e. The van der Waals surface area contributed by atoms with Gasteiger partial charge in [0.2, 0.25) is 0 Å². The lowest BCUT2D eigenvalue weighted by Gasteiger charge is -2.07. The van der Waals surface area contributed by atoms with Crippen molar-refractivity contribution in [3.05, 3.63) is 53.6 Å². The van der Waals surface area contributed by atoms with Crippen LogP contribution in [0.2, 0.25) is 0 Å². The standard InChI is InChI=1S/C15H21N3/c1-3-14(16)9-13-6-8-18(10-13)11-15-12(2)5-4-7-17-15/h4-8,10,14H,3,9,11,16H2,1-2H3. The van der Waals surface area contributed by atoms with E-state index in [-0.39, 0.29) is 6.04 Å². The van der Waals surface area contributed by atoms with E-state index in [0.29, 0.717) is 0 Å². The first-order valence-corrected chi connectivity index (χ1v) is 6.49. The van der Waals surface area contributed by atoms with E-state index in [0.717, 1.165) is 25.1 Å². The Morgan fingerprint density at radius 1 is 1.39 bits per heavy atom. The number of hydrogen-bond acceptors (Lipinski definition) is 2. The molecule has 0 spiro atoms. The molecule has 1 atom stereocenters. The Hall–Kier alpha value is -1.61.